The summed E-state index contributed by atoms with van der Waals surface area (Å²) in [5.74, 6) is 0.896. The van der Waals surface area contributed by atoms with Gasteiger partial charge in [-0.3, -0.25) is 37.3 Å². The number of carbonyl (C=O) groups is 4. The van der Waals surface area contributed by atoms with Crippen LogP contribution in [-0.2, 0) is 65.4 Å². The van der Waals surface area contributed by atoms with Crippen molar-refractivity contribution in [3.63, 3.8) is 0 Å². The molecule has 91 heavy (non-hydrogen) atoms. The fourth-order valence-electron chi connectivity index (χ4n) is 10.8. The Morgan fingerprint density at radius 1 is 0.308 bits per heavy atom. The summed E-state index contributed by atoms with van der Waals surface area (Å²) in [6.45, 7) is 14.1. The molecule has 3 N–H and O–H groups in total. The minimum atomic E-state index is -4.95. The molecular weight excluding hydrogens is 1200 g/mol. The lowest BCUT2D eigenvalue weighted by Gasteiger charge is -2.21. The van der Waals surface area contributed by atoms with E-state index in [1.807, 2.05) is 0 Å². The third kappa shape index (κ3) is 63.9. The molecule has 0 aromatic carbocycles. The van der Waals surface area contributed by atoms with Crippen molar-refractivity contribution in [1.29, 1.82) is 0 Å². The van der Waals surface area contributed by atoms with Crippen LogP contribution in [0.2, 0.25) is 0 Å². The third-order valence-electron chi connectivity index (χ3n) is 17.3. The van der Waals surface area contributed by atoms with Gasteiger partial charge in [0.05, 0.1) is 26.4 Å². The molecule has 19 heteroatoms. The van der Waals surface area contributed by atoms with E-state index in [-0.39, 0.29) is 25.7 Å². The Kier molecular flexibility index (Phi) is 60.3. The van der Waals surface area contributed by atoms with Crippen molar-refractivity contribution in [3.05, 3.63) is 0 Å². The predicted molar refractivity (Wildman–Crippen MR) is 367 cm³/mol. The van der Waals surface area contributed by atoms with E-state index < -0.39 is 97.5 Å². The maximum Gasteiger partial charge on any atom is 0.472 e. The first kappa shape index (κ1) is 89.1. The van der Waals surface area contributed by atoms with Crippen LogP contribution in [0.5, 0.6) is 0 Å². The number of rotatable bonds is 69. The molecule has 5 unspecified atom stereocenters. The van der Waals surface area contributed by atoms with Crippen molar-refractivity contribution in [2.45, 2.75) is 375 Å². The highest BCUT2D eigenvalue weighted by Crippen LogP contribution is 2.45. The van der Waals surface area contributed by atoms with E-state index in [9.17, 15) is 43.2 Å². The average Bonchev–Trinajstić information content (AvgIpc) is 3.41. The quantitative estimate of drug-likeness (QED) is 0.0222. The maximum absolute atomic E-state index is 13.0. The van der Waals surface area contributed by atoms with Crippen molar-refractivity contribution < 1.29 is 80.2 Å². The van der Waals surface area contributed by atoms with E-state index in [2.05, 4.69) is 55.4 Å². The van der Waals surface area contributed by atoms with Crippen molar-refractivity contribution in [3.8, 4) is 0 Å². The fraction of sp³-hybridized carbons (Fsp3) is 0.944. The number of aliphatic hydroxyl groups excluding tert-OH is 1. The lowest BCUT2D eigenvalue weighted by molar-refractivity contribution is -0.161. The van der Waals surface area contributed by atoms with Gasteiger partial charge < -0.3 is 33.8 Å². The van der Waals surface area contributed by atoms with Crippen molar-refractivity contribution in [2.75, 3.05) is 39.6 Å². The number of aliphatic hydroxyl groups is 1. The predicted octanol–water partition coefficient (Wildman–Crippen LogP) is 20.5. The van der Waals surface area contributed by atoms with Crippen LogP contribution >= 0.6 is 15.6 Å². The molecule has 0 saturated carbocycles. The smallest absolute Gasteiger partial charge is 0.462 e. The first-order valence-corrected chi connectivity index (χ1v) is 40.3. The van der Waals surface area contributed by atoms with Gasteiger partial charge in [-0.15, -0.1) is 0 Å². The molecule has 0 aromatic heterocycles. The maximum atomic E-state index is 13.0. The van der Waals surface area contributed by atoms with Gasteiger partial charge in [0.2, 0.25) is 0 Å². The number of carbonyl (C=O) groups excluding carboxylic acids is 4. The van der Waals surface area contributed by atoms with Crippen molar-refractivity contribution in [2.24, 2.45) is 23.7 Å². The number of phosphoric ester groups is 2. The summed E-state index contributed by atoms with van der Waals surface area (Å²) < 4.78 is 68.3. The largest absolute Gasteiger partial charge is 0.472 e. The molecule has 0 bridgehead atoms. The average molecular weight is 1340 g/mol. The highest BCUT2D eigenvalue weighted by atomic mass is 31.2. The number of esters is 4. The Bertz CT molecular complexity index is 1800. The molecule has 0 aliphatic rings. The Labute approximate surface area is 556 Å². The Morgan fingerprint density at radius 3 is 0.780 bits per heavy atom. The van der Waals surface area contributed by atoms with Gasteiger partial charge in [-0.25, -0.2) is 9.13 Å². The standard InChI is InChI=1S/C72H140O17P2/c1-9-64(7)50-42-34-25-19-15-13-11-12-14-16-21-27-36-44-52-69(74)82-58-67(88-71(76)54-46-38-28-22-18-17-20-26-35-43-51-65(8)10-2)60-86-90(78,79)84-56-66(73)57-85-91(80,81)87-61-68(89-72(77)55-47-39-31-30-33-41-49-63(5)6)59-83-70(75)53-45-37-29-23-24-32-40-48-62(3)4/h62-68,73H,9-61H2,1-8H3,(H,78,79)(H,80,81)/t64?,65?,66?,67-,68-/m1/s1. The Balaban J connectivity index is 5.22. The lowest BCUT2D eigenvalue weighted by Crippen LogP contribution is -2.30. The van der Waals surface area contributed by atoms with E-state index in [4.69, 9.17) is 37.0 Å². The summed E-state index contributed by atoms with van der Waals surface area (Å²) in [5, 5.41) is 10.6. The zero-order valence-corrected chi connectivity index (χ0v) is 61.3. The van der Waals surface area contributed by atoms with E-state index in [0.717, 1.165) is 108 Å². The Morgan fingerprint density at radius 2 is 0.527 bits per heavy atom. The molecule has 17 nitrogen and oxygen atoms in total. The van der Waals surface area contributed by atoms with Gasteiger partial charge in [0, 0.05) is 25.7 Å². The van der Waals surface area contributed by atoms with Gasteiger partial charge >= 0.3 is 39.5 Å². The normalized spacial score (nSPS) is 14.8. The molecule has 0 radical (unpaired) electrons. The second kappa shape index (κ2) is 61.6. The van der Waals surface area contributed by atoms with Crippen LogP contribution in [0, 0.1) is 23.7 Å². The second-order valence-electron chi connectivity index (χ2n) is 27.4. The van der Waals surface area contributed by atoms with Crippen LogP contribution < -0.4 is 0 Å². The molecule has 0 aromatic rings. The number of hydrogen-bond donors (Lipinski definition) is 3. The topological polar surface area (TPSA) is 237 Å². The minimum Gasteiger partial charge on any atom is -0.462 e. The van der Waals surface area contributed by atoms with Crippen LogP contribution in [0.3, 0.4) is 0 Å². The van der Waals surface area contributed by atoms with Crippen molar-refractivity contribution >= 4 is 39.5 Å². The number of hydrogen-bond acceptors (Lipinski definition) is 15. The zero-order chi connectivity index (χ0) is 67.5. The first-order chi connectivity index (χ1) is 43.7. The van der Waals surface area contributed by atoms with E-state index in [1.165, 1.54) is 154 Å². The van der Waals surface area contributed by atoms with Crippen LogP contribution in [0.15, 0.2) is 0 Å². The fourth-order valence-corrected chi connectivity index (χ4v) is 12.4. The molecule has 0 rings (SSSR count). The van der Waals surface area contributed by atoms with Crippen LogP contribution in [0.25, 0.3) is 0 Å². The summed E-state index contributed by atoms with van der Waals surface area (Å²) in [6, 6.07) is 0. The zero-order valence-electron chi connectivity index (χ0n) is 59.5. The van der Waals surface area contributed by atoms with E-state index >= 15 is 0 Å². The van der Waals surface area contributed by atoms with Crippen molar-refractivity contribution in [1.82, 2.24) is 0 Å². The van der Waals surface area contributed by atoms with Gasteiger partial charge in [0.25, 0.3) is 0 Å². The highest BCUT2D eigenvalue weighted by Gasteiger charge is 2.30. The molecule has 0 heterocycles. The molecule has 0 fully saturated rings. The summed E-state index contributed by atoms with van der Waals surface area (Å²) >= 11 is 0. The monoisotopic (exact) mass is 1340 g/mol. The third-order valence-corrected chi connectivity index (χ3v) is 19.2. The second-order valence-corrected chi connectivity index (χ2v) is 30.3. The molecule has 0 aliphatic heterocycles. The summed E-state index contributed by atoms with van der Waals surface area (Å²) in [7, 11) is -9.90. The summed E-state index contributed by atoms with van der Waals surface area (Å²) in [4.78, 5) is 72.5. The number of unbranched alkanes of at least 4 members (excludes halogenated alkanes) is 33. The number of ether oxygens (including phenoxy) is 4. The minimum absolute atomic E-state index is 0.101. The van der Waals surface area contributed by atoms with Gasteiger partial charge in [-0.05, 0) is 49.4 Å². The van der Waals surface area contributed by atoms with E-state index in [1.54, 1.807) is 0 Å². The highest BCUT2D eigenvalue weighted by molar-refractivity contribution is 7.47. The van der Waals surface area contributed by atoms with Gasteiger partial charge in [-0.1, -0.05) is 306 Å². The molecule has 7 atom stereocenters. The van der Waals surface area contributed by atoms with Crippen LogP contribution in [0.1, 0.15) is 357 Å². The summed E-state index contributed by atoms with van der Waals surface area (Å²) in [5.41, 5.74) is 0. The van der Waals surface area contributed by atoms with Crippen LogP contribution in [-0.4, -0.2) is 96.7 Å². The molecule has 0 saturated heterocycles. The number of phosphoric acid groups is 2. The lowest BCUT2D eigenvalue weighted by atomic mass is 9.99. The molecule has 0 amide bonds. The molecule has 540 valence electrons. The van der Waals surface area contributed by atoms with Gasteiger partial charge in [0.15, 0.2) is 12.2 Å². The van der Waals surface area contributed by atoms with Gasteiger partial charge in [-0.2, -0.15) is 0 Å². The summed E-state index contributed by atoms with van der Waals surface area (Å²) in [6.07, 6.45) is 44.6. The van der Waals surface area contributed by atoms with Gasteiger partial charge in [0.1, 0.15) is 19.3 Å². The Hall–Kier alpha value is -1.94. The van der Waals surface area contributed by atoms with Crippen LogP contribution in [0.4, 0.5) is 0 Å². The molecular formula is C72H140O17P2. The van der Waals surface area contributed by atoms with E-state index in [0.29, 0.717) is 37.5 Å². The SMILES string of the molecule is CCC(C)CCCCCCCCCCCCCCCCC(=O)OC[C@H](COP(=O)(O)OCC(O)COP(=O)(O)OC[C@@H](COC(=O)CCCCCCCCCC(C)C)OC(=O)CCCCCCCCC(C)C)OC(=O)CCCCCCCCCCCCC(C)CC. The molecule has 0 spiro atoms. The first-order valence-electron chi connectivity index (χ1n) is 37.3. The molecule has 0 aliphatic carbocycles.